The zero-order valence-electron chi connectivity index (χ0n) is 16.3. The molecule has 1 heterocycles. The number of benzene rings is 2. The normalized spacial score (nSPS) is 16.9. The smallest absolute Gasteiger partial charge is 0.240 e. The Hall–Kier alpha value is -2.38. The zero-order chi connectivity index (χ0) is 20.1. The number of carbonyl (C=O) groups excluding carboxylic acids is 1. The number of anilines is 1. The second-order valence-electron chi connectivity index (χ2n) is 7.40. The van der Waals surface area contributed by atoms with Gasteiger partial charge in [0, 0.05) is 39.4 Å². The van der Waals surface area contributed by atoms with Crippen LogP contribution in [0.1, 0.15) is 12.0 Å². The number of carbonyl (C=O) groups is 1. The summed E-state index contributed by atoms with van der Waals surface area (Å²) < 4.78 is 27.7. The predicted molar refractivity (Wildman–Crippen MR) is 111 cm³/mol. The van der Waals surface area contributed by atoms with Gasteiger partial charge in [0.1, 0.15) is 0 Å². The second-order valence-corrected chi connectivity index (χ2v) is 9.16. The van der Waals surface area contributed by atoms with Crippen LogP contribution in [0.4, 0.5) is 5.69 Å². The molecule has 0 aliphatic carbocycles. The Morgan fingerprint density at radius 2 is 1.79 bits per heavy atom. The first-order valence-electron chi connectivity index (χ1n) is 9.44. The van der Waals surface area contributed by atoms with Crippen molar-refractivity contribution in [2.75, 3.05) is 38.6 Å². The van der Waals surface area contributed by atoms with Crippen molar-refractivity contribution in [1.29, 1.82) is 0 Å². The first-order chi connectivity index (χ1) is 13.3. The summed E-state index contributed by atoms with van der Waals surface area (Å²) in [7, 11) is 0.270. The molecule has 0 saturated carbocycles. The van der Waals surface area contributed by atoms with Crippen LogP contribution in [0.3, 0.4) is 0 Å². The van der Waals surface area contributed by atoms with Crippen LogP contribution in [0.15, 0.2) is 59.5 Å². The molecule has 1 N–H and O–H groups in total. The third-order valence-electron chi connectivity index (χ3n) is 5.06. The van der Waals surface area contributed by atoms with Crippen molar-refractivity contribution in [1.82, 2.24) is 9.62 Å². The molecule has 6 nitrogen and oxygen atoms in total. The molecule has 0 unspecified atom stereocenters. The Morgan fingerprint density at radius 3 is 2.43 bits per heavy atom. The lowest BCUT2D eigenvalue weighted by atomic mass is 10.1. The molecule has 0 spiro atoms. The van der Waals surface area contributed by atoms with E-state index in [9.17, 15) is 13.2 Å². The highest BCUT2D eigenvalue weighted by Crippen LogP contribution is 2.19. The number of nitrogens with zero attached hydrogens (tertiary/aromatic N) is 2. The summed E-state index contributed by atoms with van der Waals surface area (Å²) in [6, 6.07) is 16.5. The fraction of sp³-hybridized carbons (Fsp3) is 0.381. The number of rotatable bonds is 7. The summed E-state index contributed by atoms with van der Waals surface area (Å²) in [6.45, 7) is 1.61. The molecular formula is C21H27N3O3S. The van der Waals surface area contributed by atoms with Gasteiger partial charge in [-0.25, -0.2) is 13.1 Å². The standard InChI is InChI=1S/C21H27N3O3S/c1-23(2)19-8-10-20(11-9-19)28(26,27)22-15-18-12-13-24(16-18)21(25)14-17-6-4-3-5-7-17/h3-11,18,22H,12-16H2,1-2H3/t18-/m0/s1. The summed E-state index contributed by atoms with van der Waals surface area (Å²) in [5, 5.41) is 0. The molecule has 150 valence electrons. The van der Waals surface area contributed by atoms with Crippen LogP contribution in [0, 0.1) is 5.92 Å². The van der Waals surface area contributed by atoms with E-state index in [1.54, 1.807) is 24.3 Å². The minimum atomic E-state index is -3.55. The van der Waals surface area contributed by atoms with E-state index in [4.69, 9.17) is 0 Å². The minimum absolute atomic E-state index is 0.0934. The highest BCUT2D eigenvalue weighted by molar-refractivity contribution is 7.89. The van der Waals surface area contributed by atoms with Gasteiger partial charge in [0.15, 0.2) is 0 Å². The molecule has 7 heteroatoms. The van der Waals surface area contributed by atoms with Gasteiger partial charge in [-0.15, -0.1) is 0 Å². The third kappa shape index (κ3) is 5.11. The minimum Gasteiger partial charge on any atom is -0.378 e. The van der Waals surface area contributed by atoms with E-state index in [0.29, 0.717) is 26.1 Å². The van der Waals surface area contributed by atoms with Crippen molar-refractivity contribution in [2.24, 2.45) is 5.92 Å². The van der Waals surface area contributed by atoms with E-state index in [2.05, 4.69) is 4.72 Å². The molecule has 0 bridgehead atoms. The SMILES string of the molecule is CN(C)c1ccc(S(=O)(=O)NC[C@@H]2CCN(C(=O)Cc3ccccc3)C2)cc1. The van der Waals surface area contributed by atoms with Crippen LogP contribution in [0.5, 0.6) is 0 Å². The van der Waals surface area contributed by atoms with Gasteiger partial charge in [-0.3, -0.25) is 4.79 Å². The van der Waals surface area contributed by atoms with Gasteiger partial charge in [-0.1, -0.05) is 30.3 Å². The van der Waals surface area contributed by atoms with Gasteiger partial charge in [0.05, 0.1) is 11.3 Å². The Kier molecular flexibility index (Phi) is 6.36. The number of hydrogen-bond acceptors (Lipinski definition) is 4. The average Bonchev–Trinajstić information content (AvgIpc) is 3.17. The molecule has 1 aliphatic heterocycles. The summed E-state index contributed by atoms with van der Waals surface area (Å²) in [6.07, 6.45) is 1.19. The third-order valence-corrected chi connectivity index (χ3v) is 6.50. The Morgan fingerprint density at radius 1 is 1.11 bits per heavy atom. The summed E-state index contributed by atoms with van der Waals surface area (Å²) in [5.74, 6) is 0.228. The van der Waals surface area contributed by atoms with Crippen LogP contribution in [-0.2, 0) is 21.2 Å². The molecule has 2 aromatic rings. The first kappa shape index (κ1) is 20.4. The molecule has 1 amide bonds. The number of nitrogens with one attached hydrogen (secondary N) is 1. The van der Waals surface area contributed by atoms with E-state index in [0.717, 1.165) is 17.7 Å². The lowest BCUT2D eigenvalue weighted by Gasteiger charge is -2.17. The Balaban J connectivity index is 1.51. The molecule has 0 radical (unpaired) electrons. The van der Waals surface area contributed by atoms with Gasteiger partial charge in [-0.05, 0) is 42.2 Å². The zero-order valence-corrected chi connectivity index (χ0v) is 17.2. The van der Waals surface area contributed by atoms with Crippen molar-refractivity contribution in [2.45, 2.75) is 17.7 Å². The van der Waals surface area contributed by atoms with E-state index in [1.807, 2.05) is 54.2 Å². The van der Waals surface area contributed by atoms with E-state index >= 15 is 0 Å². The lowest BCUT2D eigenvalue weighted by Crippen LogP contribution is -2.33. The van der Waals surface area contributed by atoms with E-state index in [1.165, 1.54) is 0 Å². The van der Waals surface area contributed by atoms with Crippen LogP contribution in [0.2, 0.25) is 0 Å². The van der Waals surface area contributed by atoms with Crippen molar-refractivity contribution >= 4 is 21.6 Å². The van der Waals surface area contributed by atoms with Crippen LogP contribution in [0.25, 0.3) is 0 Å². The fourth-order valence-corrected chi connectivity index (χ4v) is 4.46. The van der Waals surface area contributed by atoms with Crippen LogP contribution < -0.4 is 9.62 Å². The van der Waals surface area contributed by atoms with Gasteiger partial charge in [-0.2, -0.15) is 0 Å². The molecule has 1 saturated heterocycles. The lowest BCUT2D eigenvalue weighted by molar-refractivity contribution is -0.129. The number of sulfonamides is 1. The predicted octanol–water partition coefficient (Wildman–Crippen LogP) is 2.12. The second kappa shape index (κ2) is 8.75. The molecule has 1 fully saturated rings. The van der Waals surface area contributed by atoms with Crippen molar-refractivity contribution in [3.8, 4) is 0 Å². The first-order valence-corrected chi connectivity index (χ1v) is 10.9. The highest BCUT2D eigenvalue weighted by atomic mass is 32.2. The molecule has 1 atom stereocenters. The molecular weight excluding hydrogens is 374 g/mol. The molecule has 28 heavy (non-hydrogen) atoms. The van der Waals surface area contributed by atoms with Crippen molar-refractivity contribution in [3.05, 3.63) is 60.2 Å². The maximum absolute atomic E-state index is 12.5. The quantitative estimate of drug-likeness (QED) is 0.772. The van der Waals surface area contributed by atoms with Gasteiger partial charge in [0.2, 0.25) is 15.9 Å². The average molecular weight is 402 g/mol. The van der Waals surface area contributed by atoms with Gasteiger partial charge in [0.25, 0.3) is 0 Å². The topological polar surface area (TPSA) is 69.7 Å². The highest BCUT2D eigenvalue weighted by Gasteiger charge is 2.27. The molecule has 1 aliphatic rings. The summed E-state index contributed by atoms with van der Waals surface area (Å²) in [5.41, 5.74) is 1.94. The fourth-order valence-electron chi connectivity index (χ4n) is 3.34. The number of amides is 1. The summed E-state index contributed by atoms with van der Waals surface area (Å²) >= 11 is 0. The van der Waals surface area contributed by atoms with Gasteiger partial charge < -0.3 is 9.80 Å². The Labute approximate surface area is 167 Å². The monoisotopic (exact) mass is 401 g/mol. The number of hydrogen-bond donors (Lipinski definition) is 1. The molecule has 3 rings (SSSR count). The van der Waals surface area contributed by atoms with E-state index < -0.39 is 10.0 Å². The van der Waals surface area contributed by atoms with Crippen LogP contribution >= 0.6 is 0 Å². The largest absolute Gasteiger partial charge is 0.378 e. The maximum Gasteiger partial charge on any atom is 0.240 e. The van der Waals surface area contributed by atoms with Crippen LogP contribution in [-0.4, -0.2) is 53.0 Å². The maximum atomic E-state index is 12.5. The molecule has 0 aromatic heterocycles. The van der Waals surface area contributed by atoms with Gasteiger partial charge >= 0.3 is 0 Å². The van der Waals surface area contributed by atoms with E-state index in [-0.39, 0.29) is 16.7 Å². The van der Waals surface area contributed by atoms with Crippen molar-refractivity contribution in [3.63, 3.8) is 0 Å². The van der Waals surface area contributed by atoms with Crippen molar-refractivity contribution < 1.29 is 13.2 Å². The summed E-state index contributed by atoms with van der Waals surface area (Å²) in [4.78, 5) is 16.5. The molecule has 2 aromatic carbocycles. The number of likely N-dealkylation sites (tertiary alicyclic amines) is 1. The Bertz CT molecular complexity index is 896.